The highest BCUT2D eigenvalue weighted by Gasteiger charge is 2.20. The van der Waals surface area contributed by atoms with Gasteiger partial charge in [-0.25, -0.2) is 0 Å². The number of ether oxygens (including phenoxy) is 1. The van der Waals surface area contributed by atoms with Crippen LogP contribution in [0.25, 0.3) is 0 Å². The van der Waals surface area contributed by atoms with Crippen LogP contribution in [-0.4, -0.2) is 32.7 Å². The summed E-state index contributed by atoms with van der Waals surface area (Å²) in [5.74, 6) is 0.476. The van der Waals surface area contributed by atoms with E-state index in [4.69, 9.17) is 4.74 Å². The fourth-order valence-corrected chi connectivity index (χ4v) is 2.39. The van der Waals surface area contributed by atoms with Gasteiger partial charge in [-0.3, -0.25) is 10.1 Å². The number of methoxy groups -OCH3 is 1. The van der Waals surface area contributed by atoms with E-state index in [0.717, 1.165) is 22.6 Å². The molecule has 5 nitrogen and oxygen atoms in total. The van der Waals surface area contributed by atoms with Crippen molar-refractivity contribution in [3.8, 4) is 5.75 Å². The minimum Gasteiger partial charge on any atom is -0.497 e. The molecule has 0 N–H and O–H groups in total. The van der Waals surface area contributed by atoms with Gasteiger partial charge in [0, 0.05) is 24.7 Å². The number of hydrogen-bond donors (Lipinski definition) is 0. The number of hydrogen-bond acceptors (Lipinski definition) is 4. The van der Waals surface area contributed by atoms with Crippen LogP contribution in [0.2, 0.25) is 0 Å². The molecule has 0 amide bonds. The number of anilines is 1. The second kappa shape index (κ2) is 6.93. The fraction of sp³-hybridized carbons (Fsp3) is 0.294. The maximum Gasteiger partial charge on any atom is 0.214 e. The van der Waals surface area contributed by atoms with Gasteiger partial charge in [-0.1, -0.05) is 24.3 Å². The monoisotopic (exact) mass is 300 g/mol. The molecule has 2 aromatic carbocycles. The van der Waals surface area contributed by atoms with Crippen molar-refractivity contribution >= 4 is 5.69 Å². The zero-order chi connectivity index (χ0) is 16.1. The third-order valence-electron chi connectivity index (χ3n) is 3.66. The zero-order valence-corrected chi connectivity index (χ0v) is 13.0. The van der Waals surface area contributed by atoms with Gasteiger partial charge < -0.3 is 9.64 Å². The number of nitro groups is 1. The van der Waals surface area contributed by atoms with Gasteiger partial charge in [0.2, 0.25) is 6.54 Å². The molecule has 22 heavy (non-hydrogen) atoms. The molecule has 1 unspecified atom stereocenters. The third kappa shape index (κ3) is 3.75. The molecule has 0 spiro atoms. The molecule has 0 aliphatic heterocycles. The Labute approximate surface area is 130 Å². The molecular formula is C17H20N2O3. The van der Waals surface area contributed by atoms with Crippen LogP contribution in [0, 0.1) is 10.1 Å². The van der Waals surface area contributed by atoms with Crippen molar-refractivity contribution in [1.29, 1.82) is 0 Å². The number of benzene rings is 2. The van der Waals surface area contributed by atoms with E-state index >= 15 is 0 Å². The second-order valence-corrected chi connectivity index (χ2v) is 5.33. The summed E-state index contributed by atoms with van der Waals surface area (Å²) in [6.45, 7) is -0.131. The largest absolute Gasteiger partial charge is 0.497 e. The first-order valence-electron chi connectivity index (χ1n) is 7.04. The average molecular weight is 300 g/mol. The standard InChI is InChI=1S/C17H20N2O3/c1-18(2)15-8-4-13(5-9-15)17(12-19(20)21)14-6-10-16(22-3)11-7-14/h4-11,17H,12H2,1-3H3. The zero-order valence-electron chi connectivity index (χ0n) is 13.0. The molecule has 0 heterocycles. The normalized spacial score (nSPS) is 11.8. The molecule has 5 heteroatoms. The van der Waals surface area contributed by atoms with Gasteiger partial charge in [-0.2, -0.15) is 0 Å². The van der Waals surface area contributed by atoms with Crippen molar-refractivity contribution in [2.24, 2.45) is 0 Å². The lowest BCUT2D eigenvalue weighted by Gasteiger charge is -2.17. The Morgan fingerprint density at radius 3 is 1.95 bits per heavy atom. The Morgan fingerprint density at radius 2 is 1.55 bits per heavy atom. The van der Waals surface area contributed by atoms with E-state index in [1.165, 1.54) is 0 Å². The van der Waals surface area contributed by atoms with Crippen LogP contribution in [0.15, 0.2) is 48.5 Å². The maximum absolute atomic E-state index is 11.0. The molecule has 0 saturated heterocycles. The van der Waals surface area contributed by atoms with E-state index in [1.54, 1.807) is 7.11 Å². The molecule has 0 bridgehead atoms. The predicted molar refractivity (Wildman–Crippen MR) is 87.5 cm³/mol. The van der Waals surface area contributed by atoms with Gasteiger partial charge in [0.25, 0.3) is 0 Å². The van der Waals surface area contributed by atoms with Gasteiger partial charge >= 0.3 is 0 Å². The Hall–Kier alpha value is -2.56. The highest BCUT2D eigenvalue weighted by molar-refractivity contribution is 5.48. The summed E-state index contributed by atoms with van der Waals surface area (Å²) in [5, 5.41) is 11.0. The molecule has 2 aromatic rings. The molecule has 0 aliphatic carbocycles. The molecule has 0 aliphatic rings. The molecule has 0 aromatic heterocycles. The lowest BCUT2D eigenvalue weighted by atomic mass is 9.91. The highest BCUT2D eigenvalue weighted by Crippen LogP contribution is 2.28. The van der Waals surface area contributed by atoms with Crippen LogP contribution in [0.1, 0.15) is 17.0 Å². The topological polar surface area (TPSA) is 55.6 Å². The summed E-state index contributed by atoms with van der Waals surface area (Å²) >= 11 is 0. The molecule has 2 rings (SSSR count). The quantitative estimate of drug-likeness (QED) is 0.607. The van der Waals surface area contributed by atoms with Crippen LogP contribution in [0.5, 0.6) is 5.75 Å². The summed E-state index contributed by atoms with van der Waals surface area (Å²) in [7, 11) is 5.53. The first kappa shape index (κ1) is 15.8. The highest BCUT2D eigenvalue weighted by atomic mass is 16.6. The van der Waals surface area contributed by atoms with Gasteiger partial charge in [0.1, 0.15) is 5.75 Å². The van der Waals surface area contributed by atoms with Crippen molar-refractivity contribution in [2.75, 3.05) is 32.6 Å². The Morgan fingerprint density at radius 1 is 1.05 bits per heavy atom. The summed E-state index contributed by atoms with van der Waals surface area (Å²) in [4.78, 5) is 12.8. The Bertz CT molecular complexity index is 621. The van der Waals surface area contributed by atoms with Gasteiger partial charge in [0.15, 0.2) is 0 Å². The summed E-state index contributed by atoms with van der Waals surface area (Å²) in [5.41, 5.74) is 2.92. The first-order valence-corrected chi connectivity index (χ1v) is 7.04. The van der Waals surface area contributed by atoms with E-state index in [9.17, 15) is 10.1 Å². The third-order valence-corrected chi connectivity index (χ3v) is 3.66. The van der Waals surface area contributed by atoms with E-state index in [2.05, 4.69) is 0 Å². The molecular weight excluding hydrogens is 280 g/mol. The van der Waals surface area contributed by atoms with Crippen molar-refractivity contribution in [3.05, 3.63) is 69.8 Å². The smallest absolute Gasteiger partial charge is 0.214 e. The molecule has 116 valence electrons. The van der Waals surface area contributed by atoms with E-state index in [0.29, 0.717) is 0 Å². The van der Waals surface area contributed by atoms with Gasteiger partial charge in [-0.05, 0) is 35.4 Å². The first-order chi connectivity index (χ1) is 10.5. The molecule has 0 radical (unpaired) electrons. The number of nitrogens with zero attached hydrogens (tertiary/aromatic N) is 2. The van der Waals surface area contributed by atoms with Gasteiger partial charge in [-0.15, -0.1) is 0 Å². The minimum absolute atomic E-state index is 0.131. The molecule has 1 atom stereocenters. The predicted octanol–water partition coefficient (Wildman–Crippen LogP) is 3.17. The fourth-order valence-electron chi connectivity index (χ4n) is 2.39. The van der Waals surface area contributed by atoms with Crippen LogP contribution in [0.3, 0.4) is 0 Å². The number of rotatable bonds is 6. The van der Waals surface area contributed by atoms with Crippen molar-refractivity contribution in [1.82, 2.24) is 0 Å². The minimum atomic E-state index is -0.269. The van der Waals surface area contributed by atoms with Crippen molar-refractivity contribution in [3.63, 3.8) is 0 Å². The van der Waals surface area contributed by atoms with E-state index in [-0.39, 0.29) is 17.4 Å². The molecule has 0 fully saturated rings. The summed E-state index contributed by atoms with van der Waals surface area (Å²) in [6.07, 6.45) is 0. The average Bonchev–Trinajstić information content (AvgIpc) is 2.53. The van der Waals surface area contributed by atoms with Gasteiger partial charge in [0.05, 0.1) is 13.0 Å². The maximum atomic E-state index is 11.0. The van der Waals surface area contributed by atoms with Crippen LogP contribution in [-0.2, 0) is 0 Å². The Balaban J connectivity index is 2.33. The van der Waals surface area contributed by atoms with E-state index < -0.39 is 0 Å². The van der Waals surface area contributed by atoms with Crippen LogP contribution >= 0.6 is 0 Å². The van der Waals surface area contributed by atoms with Crippen LogP contribution < -0.4 is 9.64 Å². The second-order valence-electron chi connectivity index (χ2n) is 5.33. The summed E-state index contributed by atoms with van der Waals surface area (Å²) < 4.78 is 5.14. The lowest BCUT2D eigenvalue weighted by molar-refractivity contribution is -0.481. The van der Waals surface area contributed by atoms with Crippen LogP contribution in [0.4, 0.5) is 5.69 Å². The van der Waals surface area contributed by atoms with Crippen molar-refractivity contribution < 1.29 is 9.66 Å². The van der Waals surface area contributed by atoms with Crippen molar-refractivity contribution in [2.45, 2.75) is 5.92 Å². The lowest BCUT2D eigenvalue weighted by Crippen LogP contribution is -2.14. The summed E-state index contributed by atoms with van der Waals surface area (Å²) in [6, 6.07) is 15.3. The SMILES string of the molecule is COc1ccc(C(C[N+](=O)[O-])c2ccc(N(C)C)cc2)cc1. The van der Waals surface area contributed by atoms with E-state index in [1.807, 2.05) is 67.5 Å². The Kier molecular flexibility index (Phi) is 4.99. The molecule has 0 saturated carbocycles.